The maximum atomic E-state index is 13.0. The molecule has 0 unspecified atom stereocenters. The summed E-state index contributed by atoms with van der Waals surface area (Å²) in [7, 11) is -3.73. The largest absolute Gasteiger partial charge is 0.348 e. The van der Waals surface area contributed by atoms with E-state index in [1.54, 1.807) is 6.92 Å². The number of rotatable bonds is 6. The fourth-order valence-corrected chi connectivity index (χ4v) is 5.33. The number of nitrogens with one attached hydrogen (secondary N) is 1. The average Bonchev–Trinajstić information content (AvgIpc) is 2.69. The van der Waals surface area contributed by atoms with E-state index in [9.17, 15) is 13.2 Å². The molecule has 2 aromatic rings. The van der Waals surface area contributed by atoms with Crippen LogP contribution in [0.15, 0.2) is 36.4 Å². The Morgan fingerprint density at radius 1 is 1.00 bits per heavy atom. The minimum atomic E-state index is -3.73. The highest BCUT2D eigenvalue weighted by Crippen LogP contribution is 2.30. The Morgan fingerprint density at radius 3 is 2.30 bits per heavy atom. The van der Waals surface area contributed by atoms with Gasteiger partial charge in [0.1, 0.15) is 6.04 Å². The molecule has 0 aromatic heterocycles. The van der Waals surface area contributed by atoms with Crippen molar-refractivity contribution in [2.24, 2.45) is 0 Å². The number of halogens is 2. The molecule has 2 aromatic carbocycles. The number of nitrogens with zero attached hydrogens (tertiary/aromatic N) is 1. The first-order chi connectivity index (χ1) is 14.1. The van der Waals surface area contributed by atoms with Crippen LogP contribution in [0.1, 0.15) is 49.4 Å². The highest BCUT2D eigenvalue weighted by Gasteiger charge is 2.30. The van der Waals surface area contributed by atoms with Crippen molar-refractivity contribution >= 4 is 44.8 Å². The van der Waals surface area contributed by atoms with Gasteiger partial charge in [0.15, 0.2) is 0 Å². The first kappa shape index (κ1) is 22.9. The van der Waals surface area contributed by atoms with Crippen molar-refractivity contribution in [3.63, 3.8) is 0 Å². The Labute approximate surface area is 188 Å². The number of carbonyl (C=O) groups excluding carboxylic acids is 1. The van der Waals surface area contributed by atoms with Crippen LogP contribution in [-0.2, 0) is 27.7 Å². The topological polar surface area (TPSA) is 66.5 Å². The van der Waals surface area contributed by atoms with Gasteiger partial charge in [0, 0.05) is 0 Å². The molecule has 0 fully saturated rings. The van der Waals surface area contributed by atoms with Gasteiger partial charge in [-0.15, -0.1) is 0 Å². The van der Waals surface area contributed by atoms with Crippen LogP contribution in [0.25, 0.3) is 0 Å². The quantitative estimate of drug-likeness (QED) is 0.654. The summed E-state index contributed by atoms with van der Waals surface area (Å²) < 4.78 is 26.0. The van der Waals surface area contributed by atoms with Crippen molar-refractivity contribution in [2.75, 3.05) is 10.6 Å². The van der Waals surface area contributed by atoms with E-state index in [4.69, 9.17) is 23.2 Å². The molecule has 0 spiro atoms. The smallest absolute Gasteiger partial charge is 0.244 e. The molecule has 1 amide bonds. The second-order valence-corrected chi connectivity index (χ2v) is 10.5. The van der Waals surface area contributed by atoms with Crippen LogP contribution < -0.4 is 9.62 Å². The van der Waals surface area contributed by atoms with Gasteiger partial charge in [-0.1, -0.05) is 41.4 Å². The van der Waals surface area contributed by atoms with Crippen LogP contribution in [-0.4, -0.2) is 26.6 Å². The van der Waals surface area contributed by atoms with E-state index in [2.05, 4.69) is 17.4 Å². The van der Waals surface area contributed by atoms with Crippen LogP contribution in [0.2, 0.25) is 10.0 Å². The fourth-order valence-electron chi connectivity index (χ4n) is 3.87. The van der Waals surface area contributed by atoms with E-state index in [1.165, 1.54) is 42.2 Å². The first-order valence-electron chi connectivity index (χ1n) is 9.94. The second kappa shape index (κ2) is 9.16. The lowest BCUT2D eigenvalue weighted by Crippen LogP contribution is -2.48. The molecular formula is C22H26Cl2N2O3S. The summed E-state index contributed by atoms with van der Waals surface area (Å²) in [6, 6.07) is 9.60. The van der Waals surface area contributed by atoms with Gasteiger partial charge in [0.2, 0.25) is 15.9 Å². The molecule has 0 aliphatic heterocycles. The summed E-state index contributed by atoms with van der Waals surface area (Å²) in [5.41, 5.74) is 4.01. The molecule has 0 heterocycles. The summed E-state index contributed by atoms with van der Waals surface area (Å²) in [5.74, 6) is -0.392. The molecule has 0 radical (unpaired) electrons. The van der Waals surface area contributed by atoms with E-state index < -0.39 is 22.0 Å². The minimum absolute atomic E-state index is 0.220. The molecule has 0 saturated carbocycles. The molecule has 8 heteroatoms. The Morgan fingerprint density at radius 2 is 1.67 bits per heavy atom. The van der Waals surface area contributed by atoms with Crippen molar-refractivity contribution in [3.8, 4) is 0 Å². The van der Waals surface area contributed by atoms with Crippen LogP contribution in [0.3, 0.4) is 0 Å². The van der Waals surface area contributed by atoms with E-state index in [-0.39, 0.29) is 16.8 Å². The Balaban J connectivity index is 1.80. The van der Waals surface area contributed by atoms with Crippen molar-refractivity contribution in [1.29, 1.82) is 0 Å². The molecule has 5 nitrogen and oxygen atoms in total. The molecule has 2 atom stereocenters. The lowest BCUT2D eigenvalue weighted by Gasteiger charge is -2.29. The molecule has 0 saturated heterocycles. The summed E-state index contributed by atoms with van der Waals surface area (Å²) in [6.07, 6.45) is 5.61. The zero-order chi connectivity index (χ0) is 22.1. The fraction of sp³-hybridized carbons (Fsp3) is 0.409. The van der Waals surface area contributed by atoms with Gasteiger partial charge in [-0.2, -0.15) is 0 Å². The third kappa shape index (κ3) is 5.10. The summed E-state index contributed by atoms with van der Waals surface area (Å²) in [4.78, 5) is 13.0. The van der Waals surface area contributed by atoms with Crippen molar-refractivity contribution in [3.05, 3.63) is 63.1 Å². The number of amides is 1. The number of hydrogen-bond donors (Lipinski definition) is 1. The molecule has 1 aliphatic rings. The molecule has 30 heavy (non-hydrogen) atoms. The SMILES string of the molecule is C[C@H](C(=O)N[C@H](C)c1ccc2c(c1)CCCC2)N(c1ccc(Cl)c(Cl)c1)S(C)(=O)=O. The van der Waals surface area contributed by atoms with Crippen LogP contribution in [0.5, 0.6) is 0 Å². The van der Waals surface area contributed by atoms with E-state index in [0.717, 1.165) is 29.0 Å². The summed E-state index contributed by atoms with van der Waals surface area (Å²) in [5, 5.41) is 3.48. The van der Waals surface area contributed by atoms with Gasteiger partial charge in [0.25, 0.3) is 0 Å². The molecule has 162 valence electrons. The number of aryl methyl sites for hydroxylation is 2. The van der Waals surface area contributed by atoms with Gasteiger partial charge in [-0.25, -0.2) is 8.42 Å². The lowest BCUT2D eigenvalue weighted by atomic mass is 9.89. The number of carbonyl (C=O) groups is 1. The number of fused-ring (bicyclic) bond motifs is 1. The molecular weight excluding hydrogens is 443 g/mol. The Kier molecular flexibility index (Phi) is 7.00. The van der Waals surface area contributed by atoms with E-state index in [0.29, 0.717) is 5.02 Å². The first-order valence-corrected chi connectivity index (χ1v) is 12.5. The predicted molar refractivity (Wildman–Crippen MR) is 123 cm³/mol. The number of anilines is 1. The van der Waals surface area contributed by atoms with Crippen molar-refractivity contribution in [2.45, 2.75) is 51.6 Å². The summed E-state index contributed by atoms with van der Waals surface area (Å²) in [6.45, 7) is 3.46. The maximum absolute atomic E-state index is 13.0. The Bertz CT molecular complexity index is 1060. The third-order valence-electron chi connectivity index (χ3n) is 5.48. The van der Waals surface area contributed by atoms with Gasteiger partial charge in [-0.3, -0.25) is 9.10 Å². The zero-order valence-corrected chi connectivity index (χ0v) is 19.6. The van der Waals surface area contributed by atoms with Gasteiger partial charge in [-0.05, 0) is 74.4 Å². The van der Waals surface area contributed by atoms with Gasteiger partial charge >= 0.3 is 0 Å². The monoisotopic (exact) mass is 468 g/mol. The van der Waals surface area contributed by atoms with Crippen LogP contribution >= 0.6 is 23.2 Å². The highest BCUT2D eigenvalue weighted by atomic mass is 35.5. The van der Waals surface area contributed by atoms with Crippen molar-refractivity contribution < 1.29 is 13.2 Å². The normalized spacial score (nSPS) is 15.8. The maximum Gasteiger partial charge on any atom is 0.244 e. The van der Waals surface area contributed by atoms with Crippen LogP contribution in [0, 0.1) is 0 Å². The molecule has 1 aliphatic carbocycles. The average molecular weight is 469 g/mol. The molecule has 3 rings (SSSR count). The second-order valence-electron chi connectivity index (χ2n) is 7.80. The van der Waals surface area contributed by atoms with E-state index in [1.807, 2.05) is 13.0 Å². The Hall–Kier alpha value is -1.76. The molecule has 0 bridgehead atoms. The third-order valence-corrected chi connectivity index (χ3v) is 7.46. The van der Waals surface area contributed by atoms with Gasteiger partial charge < -0.3 is 5.32 Å². The highest BCUT2D eigenvalue weighted by molar-refractivity contribution is 7.92. The standard InChI is InChI=1S/C22H26Cl2N2O3S/c1-14(17-9-8-16-6-4-5-7-18(16)12-17)25-22(27)15(2)26(30(3,28)29)19-10-11-20(23)21(24)13-19/h8-15H,4-7H2,1-3H3,(H,25,27)/t14-,15-/m1/s1. The van der Waals surface area contributed by atoms with Crippen LogP contribution in [0.4, 0.5) is 5.69 Å². The summed E-state index contributed by atoms with van der Waals surface area (Å²) >= 11 is 12.0. The number of hydrogen-bond acceptors (Lipinski definition) is 3. The molecule has 1 N–H and O–H groups in total. The lowest BCUT2D eigenvalue weighted by molar-refractivity contribution is -0.122. The minimum Gasteiger partial charge on any atom is -0.348 e. The number of sulfonamides is 1. The van der Waals surface area contributed by atoms with Gasteiger partial charge in [0.05, 0.1) is 28.0 Å². The van der Waals surface area contributed by atoms with Crippen molar-refractivity contribution in [1.82, 2.24) is 5.32 Å². The number of benzene rings is 2. The van der Waals surface area contributed by atoms with E-state index >= 15 is 0 Å². The predicted octanol–water partition coefficient (Wildman–Crippen LogP) is 4.90. The zero-order valence-electron chi connectivity index (χ0n) is 17.3.